The lowest BCUT2D eigenvalue weighted by atomic mass is 9.99. The van der Waals surface area contributed by atoms with E-state index < -0.39 is 21.8 Å². The predicted molar refractivity (Wildman–Crippen MR) is 79.9 cm³/mol. The Morgan fingerprint density at radius 1 is 1.41 bits per heavy atom. The van der Waals surface area contributed by atoms with Crippen molar-refractivity contribution < 1.29 is 22.5 Å². The Kier molecular flexibility index (Phi) is 5.23. The number of ether oxygens (including phenoxy) is 1. The summed E-state index contributed by atoms with van der Waals surface area (Å²) < 4.78 is 36.8. The number of carbonyl (C=O) groups is 1. The van der Waals surface area contributed by atoms with Gasteiger partial charge in [-0.1, -0.05) is 5.16 Å². The summed E-state index contributed by atoms with van der Waals surface area (Å²) in [7, 11) is -3.72. The first kappa shape index (κ1) is 17.0. The van der Waals surface area contributed by atoms with Crippen molar-refractivity contribution in [1.82, 2.24) is 9.88 Å². The van der Waals surface area contributed by atoms with Gasteiger partial charge in [-0.2, -0.15) is 0 Å². The van der Waals surface area contributed by atoms with Crippen molar-refractivity contribution in [2.75, 3.05) is 12.4 Å². The third-order valence-corrected chi connectivity index (χ3v) is 5.17. The summed E-state index contributed by atoms with van der Waals surface area (Å²) in [5.74, 6) is -0.890. The first-order valence-corrected chi connectivity index (χ1v) is 9.04. The van der Waals surface area contributed by atoms with E-state index in [0.29, 0.717) is 30.0 Å². The van der Waals surface area contributed by atoms with Crippen molar-refractivity contribution in [2.24, 2.45) is 0 Å². The summed E-state index contributed by atoms with van der Waals surface area (Å²) in [4.78, 5) is 12.2. The van der Waals surface area contributed by atoms with Crippen molar-refractivity contribution in [3.05, 3.63) is 17.0 Å². The molecule has 0 aromatic carbocycles. The number of aryl methyl sites for hydroxylation is 2. The minimum absolute atomic E-state index is 0.187. The summed E-state index contributed by atoms with van der Waals surface area (Å²) in [6, 6.07) is 0. The molecule has 0 bridgehead atoms. The summed E-state index contributed by atoms with van der Waals surface area (Å²) in [5, 5.41) is 3.79. The molecule has 2 atom stereocenters. The third-order valence-electron chi connectivity index (χ3n) is 3.85. The second kappa shape index (κ2) is 6.78. The Balaban J connectivity index is 2.00. The lowest BCUT2D eigenvalue weighted by Crippen LogP contribution is -2.40. The van der Waals surface area contributed by atoms with Crippen LogP contribution < -0.4 is 4.72 Å². The van der Waals surface area contributed by atoms with Crippen LogP contribution in [0.3, 0.4) is 0 Å². The molecule has 1 aromatic heterocycles. The zero-order valence-corrected chi connectivity index (χ0v) is 13.9. The van der Waals surface area contributed by atoms with E-state index >= 15 is 0 Å². The molecule has 0 unspecified atom stereocenters. The second-order valence-corrected chi connectivity index (χ2v) is 7.46. The molecule has 1 aliphatic rings. The molecule has 7 nitrogen and oxygen atoms in total. The highest BCUT2D eigenvalue weighted by Gasteiger charge is 2.28. The van der Waals surface area contributed by atoms with Crippen LogP contribution in [0.25, 0.3) is 0 Å². The Bertz CT molecular complexity index is 612. The number of aromatic nitrogens is 1. The standard InChI is InChI=1S/C14H22N2O5S/c1-9(13-10(2)15-21-11(13)3)14(17)16-22(18,19)8-12-6-4-5-7-20-12/h9,12H,4-8H2,1-3H3,(H,16,17)/t9-,12+/m1/s1. The van der Waals surface area contributed by atoms with Gasteiger partial charge in [0.25, 0.3) is 0 Å². The summed E-state index contributed by atoms with van der Waals surface area (Å²) in [6.45, 7) is 5.63. The Morgan fingerprint density at radius 3 is 2.68 bits per heavy atom. The molecule has 1 amide bonds. The summed E-state index contributed by atoms with van der Waals surface area (Å²) in [6.07, 6.45) is 2.26. The number of nitrogens with zero attached hydrogens (tertiary/aromatic N) is 1. The molecule has 0 radical (unpaired) electrons. The minimum atomic E-state index is -3.72. The second-order valence-electron chi connectivity index (χ2n) is 5.70. The lowest BCUT2D eigenvalue weighted by molar-refractivity contribution is -0.120. The SMILES string of the molecule is Cc1noc(C)c1[C@@H](C)C(=O)NS(=O)(=O)C[C@@H]1CCCCO1. The highest BCUT2D eigenvalue weighted by Crippen LogP contribution is 2.23. The van der Waals surface area contributed by atoms with Crippen LogP contribution in [-0.4, -0.2) is 37.9 Å². The molecular weight excluding hydrogens is 308 g/mol. The van der Waals surface area contributed by atoms with Gasteiger partial charge in [-0.15, -0.1) is 0 Å². The molecular formula is C14H22N2O5S. The van der Waals surface area contributed by atoms with Crippen molar-refractivity contribution in [2.45, 2.75) is 52.1 Å². The van der Waals surface area contributed by atoms with Gasteiger partial charge >= 0.3 is 0 Å². The number of hydrogen-bond donors (Lipinski definition) is 1. The molecule has 1 aromatic rings. The van der Waals surface area contributed by atoms with Gasteiger partial charge in [-0.05, 0) is 40.0 Å². The molecule has 2 rings (SSSR count). The molecule has 0 saturated carbocycles. The molecule has 8 heteroatoms. The van der Waals surface area contributed by atoms with Crippen LogP contribution in [0.4, 0.5) is 0 Å². The number of hydrogen-bond acceptors (Lipinski definition) is 6. The first-order chi connectivity index (χ1) is 10.3. The van der Waals surface area contributed by atoms with Gasteiger partial charge in [-0.3, -0.25) is 9.52 Å². The van der Waals surface area contributed by atoms with E-state index in [2.05, 4.69) is 9.88 Å². The molecule has 124 valence electrons. The summed E-state index contributed by atoms with van der Waals surface area (Å²) >= 11 is 0. The molecule has 0 spiro atoms. The van der Waals surface area contributed by atoms with Gasteiger partial charge in [-0.25, -0.2) is 8.42 Å². The van der Waals surface area contributed by atoms with E-state index in [1.165, 1.54) is 0 Å². The van der Waals surface area contributed by atoms with Gasteiger partial charge in [0.05, 0.1) is 23.5 Å². The molecule has 1 saturated heterocycles. The van der Waals surface area contributed by atoms with Gasteiger partial charge in [0.1, 0.15) is 5.76 Å². The van der Waals surface area contributed by atoms with Crippen LogP contribution >= 0.6 is 0 Å². The quantitative estimate of drug-likeness (QED) is 0.876. The van der Waals surface area contributed by atoms with Crippen LogP contribution in [-0.2, 0) is 19.6 Å². The van der Waals surface area contributed by atoms with E-state index in [1.807, 2.05) is 0 Å². The number of carbonyl (C=O) groups excluding carboxylic acids is 1. The Morgan fingerprint density at radius 2 is 2.14 bits per heavy atom. The third kappa shape index (κ3) is 4.07. The molecule has 1 N–H and O–H groups in total. The molecule has 1 aliphatic heterocycles. The van der Waals surface area contributed by atoms with Crippen molar-refractivity contribution in [3.8, 4) is 0 Å². The Labute approximate surface area is 130 Å². The van der Waals surface area contributed by atoms with Crippen molar-refractivity contribution >= 4 is 15.9 Å². The zero-order valence-electron chi connectivity index (χ0n) is 13.1. The smallest absolute Gasteiger partial charge is 0.240 e. The topological polar surface area (TPSA) is 98.5 Å². The highest BCUT2D eigenvalue weighted by molar-refractivity contribution is 7.90. The maximum Gasteiger partial charge on any atom is 0.240 e. The van der Waals surface area contributed by atoms with E-state index in [1.54, 1.807) is 20.8 Å². The highest BCUT2D eigenvalue weighted by atomic mass is 32.2. The average molecular weight is 330 g/mol. The number of nitrogens with one attached hydrogen (secondary N) is 1. The van der Waals surface area contributed by atoms with Crippen LogP contribution in [0.15, 0.2) is 4.52 Å². The fourth-order valence-corrected chi connectivity index (χ4v) is 4.03. The lowest BCUT2D eigenvalue weighted by Gasteiger charge is -2.22. The maximum absolute atomic E-state index is 12.2. The minimum Gasteiger partial charge on any atom is -0.377 e. The van der Waals surface area contributed by atoms with E-state index in [4.69, 9.17) is 9.26 Å². The van der Waals surface area contributed by atoms with Crippen LogP contribution in [0.1, 0.15) is 49.1 Å². The van der Waals surface area contributed by atoms with Gasteiger partial charge < -0.3 is 9.26 Å². The fraction of sp³-hybridized carbons (Fsp3) is 0.714. The average Bonchev–Trinajstić information content (AvgIpc) is 2.77. The van der Waals surface area contributed by atoms with Crippen LogP contribution in [0.2, 0.25) is 0 Å². The van der Waals surface area contributed by atoms with Gasteiger partial charge in [0, 0.05) is 12.2 Å². The number of sulfonamides is 1. The zero-order chi connectivity index (χ0) is 16.3. The summed E-state index contributed by atoms with van der Waals surface area (Å²) in [5.41, 5.74) is 1.22. The maximum atomic E-state index is 12.2. The Hall–Kier alpha value is -1.41. The van der Waals surface area contributed by atoms with Gasteiger partial charge in [0.15, 0.2) is 0 Å². The van der Waals surface area contributed by atoms with Crippen LogP contribution in [0, 0.1) is 13.8 Å². The van der Waals surface area contributed by atoms with E-state index in [0.717, 1.165) is 12.8 Å². The molecule has 2 heterocycles. The molecule has 0 aliphatic carbocycles. The predicted octanol–water partition coefficient (Wildman–Crippen LogP) is 1.41. The largest absolute Gasteiger partial charge is 0.377 e. The molecule has 1 fully saturated rings. The number of amides is 1. The normalized spacial score (nSPS) is 20.6. The van der Waals surface area contributed by atoms with Gasteiger partial charge in [0.2, 0.25) is 15.9 Å². The molecule has 22 heavy (non-hydrogen) atoms. The van der Waals surface area contributed by atoms with E-state index in [9.17, 15) is 13.2 Å². The fourth-order valence-electron chi connectivity index (χ4n) is 2.71. The number of rotatable bonds is 5. The van der Waals surface area contributed by atoms with Crippen LogP contribution in [0.5, 0.6) is 0 Å². The van der Waals surface area contributed by atoms with E-state index in [-0.39, 0.29) is 11.9 Å². The van der Waals surface area contributed by atoms with Crippen molar-refractivity contribution in [1.29, 1.82) is 0 Å². The first-order valence-electron chi connectivity index (χ1n) is 7.39. The monoisotopic (exact) mass is 330 g/mol. The van der Waals surface area contributed by atoms with Crippen molar-refractivity contribution in [3.63, 3.8) is 0 Å².